The lowest BCUT2D eigenvalue weighted by Crippen LogP contribution is -2.03. The first kappa shape index (κ1) is 11.5. The summed E-state index contributed by atoms with van der Waals surface area (Å²) in [5.41, 5.74) is 2.23. The van der Waals surface area contributed by atoms with E-state index in [1.54, 1.807) is 0 Å². The van der Waals surface area contributed by atoms with Crippen LogP contribution in [0, 0.1) is 0 Å². The van der Waals surface area contributed by atoms with Crippen molar-refractivity contribution in [3.05, 3.63) is 34.3 Å². The predicted molar refractivity (Wildman–Crippen MR) is 64.1 cm³/mol. The summed E-state index contributed by atoms with van der Waals surface area (Å²) in [4.78, 5) is 10.6. The van der Waals surface area contributed by atoms with Gasteiger partial charge in [-0.3, -0.25) is 4.79 Å². The minimum atomic E-state index is -0.769. The molecule has 0 amide bonds. The van der Waals surface area contributed by atoms with E-state index in [2.05, 4.69) is 0 Å². The molecule has 1 aromatic carbocycles. The summed E-state index contributed by atoms with van der Waals surface area (Å²) in [6.07, 6.45) is 2.60. The first-order chi connectivity index (χ1) is 7.58. The van der Waals surface area contributed by atoms with Crippen LogP contribution in [0.25, 0.3) is 0 Å². The molecule has 86 valence electrons. The van der Waals surface area contributed by atoms with Crippen molar-refractivity contribution < 1.29 is 9.90 Å². The molecule has 1 aliphatic rings. The lowest BCUT2D eigenvalue weighted by molar-refractivity contribution is -0.137. The molecule has 1 unspecified atom stereocenters. The highest BCUT2D eigenvalue weighted by Crippen LogP contribution is 2.43. The van der Waals surface area contributed by atoms with Crippen LogP contribution in [0.2, 0.25) is 5.02 Å². The summed E-state index contributed by atoms with van der Waals surface area (Å²) >= 11 is 6.20. The van der Waals surface area contributed by atoms with Crippen molar-refractivity contribution >= 4 is 17.6 Å². The van der Waals surface area contributed by atoms with E-state index in [1.807, 2.05) is 25.1 Å². The van der Waals surface area contributed by atoms with Gasteiger partial charge in [0.2, 0.25) is 0 Å². The Morgan fingerprint density at radius 2 is 2.25 bits per heavy atom. The predicted octanol–water partition coefficient (Wildman–Crippen LogP) is 3.80. The first-order valence-electron chi connectivity index (χ1n) is 5.59. The topological polar surface area (TPSA) is 37.3 Å². The van der Waals surface area contributed by atoms with Crippen molar-refractivity contribution in [2.75, 3.05) is 0 Å². The fourth-order valence-electron chi connectivity index (χ4n) is 1.96. The highest BCUT2D eigenvalue weighted by molar-refractivity contribution is 6.31. The molecule has 0 radical (unpaired) electrons. The summed E-state index contributed by atoms with van der Waals surface area (Å²) in [5.74, 6) is -0.116. The van der Waals surface area contributed by atoms with Gasteiger partial charge in [-0.1, -0.05) is 30.7 Å². The molecule has 1 atom stereocenters. The van der Waals surface area contributed by atoms with E-state index in [0.29, 0.717) is 5.92 Å². The van der Waals surface area contributed by atoms with Crippen LogP contribution in [0.1, 0.15) is 49.1 Å². The maximum atomic E-state index is 10.6. The van der Waals surface area contributed by atoms with Crippen LogP contribution in [0.4, 0.5) is 0 Å². The number of benzene rings is 1. The van der Waals surface area contributed by atoms with Gasteiger partial charge in [0.1, 0.15) is 0 Å². The second kappa shape index (κ2) is 4.46. The normalized spacial score (nSPS) is 17.1. The molecule has 1 aromatic rings. The average molecular weight is 239 g/mol. The van der Waals surface area contributed by atoms with Crippen LogP contribution < -0.4 is 0 Å². The number of carboxylic acids is 1. The van der Waals surface area contributed by atoms with E-state index in [4.69, 9.17) is 16.7 Å². The van der Waals surface area contributed by atoms with Gasteiger partial charge in [0.15, 0.2) is 0 Å². The quantitative estimate of drug-likeness (QED) is 0.867. The van der Waals surface area contributed by atoms with E-state index in [1.165, 1.54) is 18.4 Å². The molecule has 0 aromatic heterocycles. The Labute approximate surface area is 100 Å². The number of carboxylic acid groups (broad SMARTS) is 1. The van der Waals surface area contributed by atoms with Gasteiger partial charge in [0.25, 0.3) is 0 Å². The van der Waals surface area contributed by atoms with Gasteiger partial charge < -0.3 is 5.11 Å². The standard InChI is InChI=1S/C13H15ClO2/c1-8(6-13(15)16)10-4-5-11(9-2-3-9)12(14)7-10/h4-5,7-9H,2-3,6H2,1H3,(H,15,16). The largest absolute Gasteiger partial charge is 0.481 e. The number of hydrogen-bond donors (Lipinski definition) is 1. The summed E-state index contributed by atoms with van der Waals surface area (Å²) in [7, 11) is 0. The number of hydrogen-bond acceptors (Lipinski definition) is 1. The number of aliphatic carboxylic acids is 1. The van der Waals surface area contributed by atoms with Crippen molar-refractivity contribution in [3.8, 4) is 0 Å². The molecule has 3 heteroatoms. The van der Waals surface area contributed by atoms with Crippen LogP contribution in [0.15, 0.2) is 18.2 Å². The summed E-state index contributed by atoms with van der Waals surface area (Å²) in [6.45, 7) is 1.91. The van der Waals surface area contributed by atoms with Crippen LogP contribution in [0.3, 0.4) is 0 Å². The SMILES string of the molecule is CC(CC(=O)O)c1ccc(C2CC2)c(Cl)c1. The smallest absolute Gasteiger partial charge is 0.303 e. The van der Waals surface area contributed by atoms with Gasteiger partial charge in [-0.2, -0.15) is 0 Å². The maximum absolute atomic E-state index is 10.6. The zero-order valence-corrected chi connectivity index (χ0v) is 10.00. The molecule has 1 N–H and O–H groups in total. The Kier molecular flexibility index (Phi) is 3.20. The molecule has 16 heavy (non-hydrogen) atoms. The van der Waals surface area contributed by atoms with E-state index in [-0.39, 0.29) is 12.3 Å². The molecule has 0 saturated heterocycles. The molecule has 2 rings (SSSR count). The van der Waals surface area contributed by atoms with Crippen molar-refractivity contribution in [2.24, 2.45) is 0 Å². The van der Waals surface area contributed by atoms with Crippen LogP contribution in [0.5, 0.6) is 0 Å². The van der Waals surface area contributed by atoms with Gasteiger partial charge in [0.05, 0.1) is 6.42 Å². The number of rotatable bonds is 4. The third kappa shape index (κ3) is 2.56. The lowest BCUT2D eigenvalue weighted by atomic mass is 9.96. The second-order valence-electron chi connectivity index (χ2n) is 4.55. The van der Waals surface area contributed by atoms with Gasteiger partial charge in [-0.25, -0.2) is 0 Å². The van der Waals surface area contributed by atoms with E-state index in [0.717, 1.165) is 10.6 Å². The maximum Gasteiger partial charge on any atom is 0.303 e. The molecular formula is C13H15ClO2. The zero-order valence-electron chi connectivity index (χ0n) is 9.24. The Morgan fingerprint density at radius 1 is 1.56 bits per heavy atom. The van der Waals surface area contributed by atoms with Crippen LogP contribution >= 0.6 is 11.6 Å². The van der Waals surface area contributed by atoms with Crippen LogP contribution in [-0.2, 0) is 4.79 Å². The van der Waals surface area contributed by atoms with E-state index in [9.17, 15) is 4.79 Å². The summed E-state index contributed by atoms with van der Waals surface area (Å²) in [6, 6.07) is 5.98. The summed E-state index contributed by atoms with van der Waals surface area (Å²) < 4.78 is 0. The molecule has 1 fully saturated rings. The van der Waals surface area contributed by atoms with Gasteiger partial charge in [-0.05, 0) is 41.9 Å². The second-order valence-corrected chi connectivity index (χ2v) is 4.96. The van der Waals surface area contributed by atoms with Gasteiger partial charge in [0, 0.05) is 5.02 Å². The molecule has 0 aliphatic heterocycles. The van der Waals surface area contributed by atoms with Crippen molar-refractivity contribution in [2.45, 2.75) is 38.0 Å². The van der Waals surface area contributed by atoms with Crippen molar-refractivity contribution in [3.63, 3.8) is 0 Å². The number of halogens is 1. The third-order valence-electron chi connectivity index (χ3n) is 3.09. The molecule has 0 bridgehead atoms. The number of carbonyl (C=O) groups is 1. The molecule has 1 saturated carbocycles. The van der Waals surface area contributed by atoms with Gasteiger partial charge in [-0.15, -0.1) is 0 Å². The van der Waals surface area contributed by atoms with Crippen molar-refractivity contribution in [1.29, 1.82) is 0 Å². The Hall–Kier alpha value is -1.02. The minimum absolute atomic E-state index is 0.0169. The first-order valence-corrected chi connectivity index (χ1v) is 5.97. The Morgan fingerprint density at radius 3 is 2.75 bits per heavy atom. The fraction of sp³-hybridized carbons (Fsp3) is 0.462. The highest BCUT2D eigenvalue weighted by Gasteiger charge is 2.26. The molecule has 1 aliphatic carbocycles. The fourth-order valence-corrected chi connectivity index (χ4v) is 2.30. The molecule has 0 spiro atoms. The molecular weight excluding hydrogens is 224 g/mol. The van der Waals surface area contributed by atoms with E-state index < -0.39 is 5.97 Å². The average Bonchev–Trinajstić information content (AvgIpc) is 3.00. The summed E-state index contributed by atoms with van der Waals surface area (Å²) in [5, 5.41) is 9.52. The highest BCUT2D eigenvalue weighted by atomic mass is 35.5. The molecule has 0 heterocycles. The third-order valence-corrected chi connectivity index (χ3v) is 3.42. The lowest BCUT2D eigenvalue weighted by Gasteiger charge is -2.11. The zero-order chi connectivity index (χ0) is 11.7. The monoisotopic (exact) mass is 238 g/mol. The Balaban J connectivity index is 2.16. The van der Waals surface area contributed by atoms with Gasteiger partial charge >= 0.3 is 5.97 Å². The minimum Gasteiger partial charge on any atom is -0.481 e. The van der Waals surface area contributed by atoms with E-state index >= 15 is 0 Å². The van der Waals surface area contributed by atoms with Crippen molar-refractivity contribution in [1.82, 2.24) is 0 Å². The molecule has 2 nitrogen and oxygen atoms in total. The van der Waals surface area contributed by atoms with Crippen LogP contribution in [-0.4, -0.2) is 11.1 Å². The Bertz CT molecular complexity index is 410.